The molecule has 7 N–H and O–H groups in total. The molecule has 0 bridgehead atoms. The van der Waals surface area contributed by atoms with Crippen molar-refractivity contribution in [1.82, 2.24) is 0 Å². The van der Waals surface area contributed by atoms with Crippen LogP contribution in [0.15, 0.2) is 0 Å². The van der Waals surface area contributed by atoms with Crippen LogP contribution in [-0.4, -0.2) is 71.5 Å². The predicted molar refractivity (Wildman–Crippen MR) is 151 cm³/mol. The third-order valence-electron chi connectivity index (χ3n) is 10.9. The Morgan fingerprint density at radius 1 is 0.927 bits per heavy atom. The van der Waals surface area contributed by atoms with Gasteiger partial charge in [0.25, 0.3) is 10.1 Å². The van der Waals surface area contributed by atoms with E-state index in [9.17, 15) is 23.4 Å². The van der Waals surface area contributed by atoms with Crippen LogP contribution in [0.1, 0.15) is 85.5 Å². The van der Waals surface area contributed by atoms with E-state index in [1.165, 1.54) is 25.7 Å². The van der Waals surface area contributed by atoms with Crippen molar-refractivity contribution in [2.45, 2.75) is 97.7 Å². The number of carbonyl (C=O) groups excluding carboxylic acids is 1. The number of aliphatic hydroxyl groups excluding tert-OH is 2. The minimum Gasteiger partial charge on any atom is -0.542 e. The number of fused-ring (bicyclic) bond motifs is 5. The molecule has 14 heteroatoms. The van der Waals surface area contributed by atoms with Crippen LogP contribution in [-0.2, 0) is 25.3 Å². The zero-order valence-corrected chi connectivity index (χ0v) is 28.8. The summed E-state index contributed by atoms with van der Waals surface area (Å²) < 4.78 is 58.9. The first-order valence-corrected chi connectivity index (χ1v) is 17.4. The molecule has 4 aliphatic rings. The Labute approximate surface area is 268 Å². The van der Waals surface area contributed by atoms with Gasteiger partial charge < -0.3 is 20.7 Å². The standard InChI is InChI=1S/C25H41O3.C2H7NO3S.Na.H2O4S/c1-5-17-21-14-16(27)8-11-25(21,4)20-9-12-24(3)18(15(2)10-13-26)6-7-19(24)22(20)23(17)28;3-1-2-7(4,5)6;;1-5(2,3)4/h15-23,27-28H,5-12,14H2,1-4H3;1-3H2,(H,4,5,6);;(H2,1,2,3,4)/q-1;;+1;/t15-,16+,17-,18-,19?,20?,21+,22?,23-,24-,25-;;;/m1.../s1. The van der Waals surface area contributed by atoms with Gasteiger partial charge in [-0.2, -0.15) is 16.8 Å². The minimum absolute atomic E-state index is 0. The number of aliphatic hydroxyl groups is 2. The molecule has 3 unspecified atom stereocenters. The molecule has 41 heavy (non-hydrogen) atoms. The molecule has 0 heterocycles. The fourth-order valence-electron chi connectivity index (χ4n) is 9.36. The minimum atomic E-state index is -4.67. The van der Waals surface area contributed by atoms with E-state index in [1.54, 1.807) is 0 Å². The topological polar surface area (TPSA) is 213 Å². The Hall–Kier alpha value is 0.330. The van der Waals surface area contributed by atoms with E-state index in [1.807, 2.05) is 0 Å². The first kappa shape index (κ1) is 39.4. The van der Waals surface area contributed by atoms with Crippen LogP contribution < -0.4 is 35.3 Å². The van der Waals surface area contributed by atoms with E-state index in [-0.39, 0.29) is 64.9 Å². The van der Waals surface area contributed by atoms with Gasteiger partial charge in [-0.3, -0.25) is 19.9 Å². The quantitative estimate of drug-likeness (QED) is 0.129. The predicted octanol–water partition coefficient (Wildman–Crippen LogP) is -0.0669. The zero-order chi connectivity index (χ0) is 30.7. The Morgan fingerprint density at radius 2 is 1.46 bits per heavy atom. The molecule has 0 aromatic carbocycles. The summed E-state index contributed by atoms with van der Waals surface area (Å²) in [7, 11) is -8.47. The van der Waals surface area contributed by atoms with Crippen molar-refractivity contribution in [1.29, 1.82) is 0 Å². The SMILES string of the molecule is CC[C@H]1[C@@H](O)C2C3CC[C@H]([C@H](C)C[C-]=O)[C@@]3(C)CCC2[C@@]2(C)CC[C@H](O)C[C@@H]12.NCCS(=O)(=O)O.O=S(=O)(O)O.[Na+]. The molecule has 0 aliphatic heterocycles. The first-order chi connectivity index (χ1) is 18.3. The molecule has 236 valence electrons. The molecule has 4 saturated carbocycles. The van der Waals surface area contributed by atoms with E-state index in [2.05, 4.69) is 34.0 Å². The third kappa shape index (κ3) is 9.66. The van der Waals surface area contributed by atoms with Gasteiger partial charge in [0, 0.05) is 6.54 Å². The molecule has 0 aromatic heterocycles. The van der Waals surface area contributed by atoms with Gasteiger partial charge in [0.1, 0.15) is 0 Å². The van der Waals surface area contributed by atoms with Gasteiger partial charge in [-0.25, -0.2) is 0 Å². The van der Waals surface area contributed by atoms with Crippen molar-refractivity contribution in [3.05, 3.63) is 0 Å². The second-order valence-corrected chi connectivity index (χ2v) is 15.4. The van der Waals surface area contributed by atoms with Gasteiger partial charge in [-0.1, -0.05) is 40.0 Å². The molecule has 0 spiro atoms. The molecule has 11 atom stereocenters. The molecule has 0 amide bonds. The average molecular weight is 636 g/mol. The summed E-state index contributed by atoms with van der Waals surface area (Å²) in [6.07, 6.45) is 11.1. The number of hydrogen-bond acceptors (Lipinski definition) is 8. The molecule has 4 aliphatic carbocycles. The van der Waals surface area contributed by atoms with E-state index >= 15 is 0 Å². The summed E-state index contributed by atoms with van der Waals surface area (Å²) in [5.41, 5.74) is 5.30. The summed E-state index contributed by atoms with van der Waals surface area (Å²) in [5.74, 6) is 2.99. The summed E-state index contributed by atoms with van der Waals surface area (Å²) in [6.45, 7) is 9.41. The molecule has 0 radical (unpaired) electrons. The number of hydrogen-bond donors (Lipinski definition) is 6. The Morgan fingerprint density at radius 3 is 1.93 bits per heavy atom. The largest absolute Gasteiger partial charge is 1.00 e. The first-order valence-electron chi connectivity index (χ1n) is 14.4. The Bertz CT molecular complexity index is 1050. The molecular weight excluding hydrogens is 585 g/mol. The van der Waals surface area contributed by atoms with Crippen LogP contribution >= 0.6 is 0 Å². The van der Waals surface area contributed by atoms with Gasteiger partial charge >= 0.3 is 40.0 Å². The van der Waals surface area contributed by atoms with Crippen molar-refractivity contribution in [3.63, 3.8) is 0 Å². The smallest absolute Gasteiger partial charge is 0.542 e. The third-order valence-corrected chi connectivity index (χ3v) is 11.7. The van der Waals surface area contributed by atoms with Crippen LogP contribution in [0.5, 0.6) is 0 Å². The number of nitrogens with two attached hydrogens (primary N) is 1. The normalized spacial score (nSPS) is 40.5. The van der Waals surface area contributed by atoms with Gasteiger partial charge in [0.2, 0.25) is 0 Å². The van der Waals surface area contributed by atoms with E-state index in [4.69, 9.17) is 27.8 Å². The molecule has 0 saturated heterocycles. The van der Waals surface area contributed by atoms with Crippen LogP contribution in [0.3, 0.4) is 0 Å². The van der Waals surface area contributed by atoms with Crippen LogP contribution in [0, 0.1) is 52.3 Å². The summed E-state index contributed by atoms with van der Waals surface area (Å²) in [4.78, 5) is 11.0. The van der Waals surface area contributed by atoms with Gasteiger partial charge in [-0.05, 0) is 91.3 Å². The summed E-state index contributed by atoms with van der Waals surface area (Å²) in [5, 5.41) is 22.0. The second-order valence-electron chi connectivity index (χ2n) is 13.0. The fraction of sp³-hybridized carbons (Fsp3) is 0.963. The monoisotopic (exact) mass is 635 g/mol. The second kappa shape index (κ2) is 15.6. The van der Waals surface area contributed by atoms with Crippen LogP contribution in [0.2, 0.25) is 0 Å². The van der Waals surface area contributed by atoms with Crippen LogP contribution in [0.25, 0.3) is 0 Å². The van der Waals surface area contributed by atoms with Gasteiger partial charge in [0.15, 0.2) is 0 Å². The Balaban J connectivity index is 0.000000548. The zero-order valence-electron chi connectivity index (χ0n) is 25.1. The molecule has 4 fully saturated rings. The average Bonchev–Trinajstić information content (AvgIpc) is 3.16. The van der Waals surface area contributed by atoms with Crippen molar-refractivity contribution in [2.24, 2.45) is 58.0 Å². The Kier molecular flexibility index (Phi) is 14.9. The van der Waals surface area contributed by atoms with Gasteiger partial charge in [-0.15, -0.1) is 6.42 Å². The summed E-state index contributed by atoms with van der Waals surface area (Å²) >= 11 is 0. The molecule has 0 aromatic rings. The van der Waals surface area contributed by atoms with E-state index in [0.29, 0.717) is 47.8 Å². The van der Waals surface area contributed by atoms with Crippen molar-refractivity contribution >= 4 is 26.8 Å². The summed E-state index contributed by atoms with van der Waals surface area (Å²) in [6, 6.07) is 0. The molecule has 11 nitrogen and oxygen atoms in total. The fourth-order valence-corrected chi connectivity index (χ4v) is 9.65. The maximum Gasteiger partial charge on any atom is 1.00 e. The molecular formula is C27H50NNaO10S2. The van der Waals surface area contributed by atoms with Gasteiger partial charge in [0.05, 0.1) is 18.0 Å². The maximum absolute atomic E-state index is 11.6. The maximum atomic E-state index is 11.6. The van der Waals surface area contributed by atoms with Crippen LogP contribution in [0.4, 0.5) is 0 Å². The van der Waals surface area contributed by atoms with Crippen molar-refractivity contribution in [2.75, 3.05) is 12.3 Å². The van der Waals surface area contributed by atoms with Crippen molar-refractivity contribution < 1.29 is 75.1 Å². The molecule has 4 rings (SSSR count). The number of rotatable bonds is 6. The van der Waals surface area contributed by atoms with E-state index < -0.39 is 20.5 Å². The van der Waals surface area contributed by atoms with Crippen molar-refractivity contribution in [3.8, 4) is 0 Å². The van der Waals surface area contributed by atoms with E-state index in [0.717, 1.165) is 25.7 Å².